The number of rotatable bonds is 6. The molecule has 4 rings (SSSR count). The summed E-state index contributed by atoms with van der Waals surface area (Å²) in [5.41, 5.74) is 1.49. The van der Waals surface area contributed by atoms with Gasteiger partial charge in [-0.25, -0.2) is 0 Å². The summed E-state index contributed by atoms with van der Waals surface area (Å²) in [6.45, 7) is 4.60. The van der Waals surface area contributed by atoms with Crippen LogP contribution in [0.4, 0.5) is 11.4 Å². The molecule has 0 spiro atoms. The summed E-state index contributed by atoms with van der Waals surface area (Å²) >= 11 is 12.1. The van der Waals surface area contributed by atoms with Gasteiger partial charge in [0.1, 0.15) is 6.42 Å². The van der Waals surface area contributed by atoms with E-state index >= 15 is 0 Å². The van der Waals surface area contributed by atoms with Gasteiger partial charge in [-0.3, -0.25) is 9.59 Å². The van der Waals surface area contributed by atoms with Crippen molar-refractivity contribution < 1.29 is 19.8 Å². The Morgan fingerprint density at radius 2 is 1.17 bits per heavy atom. The molecule has 0 saturated heterocycles. The second-order valence-corrected chi connectivity index (χ2v) is 8.39. The lowest BCUT2D eigenvalue weighted by molar-refractivity contribution is -0.126. The van der Waals surface area contributed by atoms with Crippen LogP contribution in [0.25, 0.3) is 21.8 Å². The van der Waals surface area contributed by atoms with E-state index in [0.717, 1.165) is 0 Å². The number of halogens is 2. The maximum absolute atomic E-state index is 12.2. The van der Waals surface area contributed by atoms with E-state index < -0.39 is 18.2 Å². The van der Waals surface area contributed by atoms with E-state index in [9.17, 15) is 19.8 Å². The van der Waals surface area contributed by atoms with Crippen LogP contribution in [-0.4, -0.2) is 31.2 Å². The zero-order valence-corrected chi connectivity index (χ0v) is 20.2. The zero-order chi connectivity index (χ0) is 25.3. The predicted octanol–water partition coefficient (Wildman–Crippen LogP) is 6.66. The van der Waals surface area contributed by atoms with Crippen molar-refractivity contribution in [2.24, 2.45) is 20.5 Å². The number of carbonyl (C=O) groups excluding carboxylic acids is 2. The van der Waals surface area contributed by atoms with Crippen LogP contribution in [0, 0.1) is 0 Å². The van der Waals surface area contributed by atoms with Crippen LogP contribution in [-0.2, 0) is 22.7 Å². The van der Waals surface area contributed by atoms with Crippen LogP contribution in [0.15, 0.2) is 56.9 Å². The normalized spacial score (nSPS) is 12.0. The fourth-order valence-electron chi connectivity index (χ4n) is 3.84. The molecule has 2 N–H and O–H groups in total. The highest BCUT2D eigenvalue weighted by Crippen LogP contribution is 2.41. The van der Waals surface area contributed by atoms with Crippen LogP contribution in [0.3, 0.4) is 0 Å². The fourth-order valence-corrected chi connectivity index (χ4v) is 4.18. The van der Waals surface area contributed by atoms with Gasteiger partial charge in [0.25, 0.3) is 11.8 Å². The Hall–Kier alpha value is -3.76. The van der Waals surface area contributed by atoms with Gasteiger partial charge in [0.05, 0.1) is 11.0 Å². The molecule has 0 bridgehead atoms. The molecule has 2 amide bonds. The smallest absolute Gasteiger partial charge is 0.274 e. The highest BCUT2D eigenvalue weighted by atomic mass is 35.5. The second kappa shape index (κ2) is 9.85. The summed E-state index contributed by atoms with van der Waals surface area (Å²) in [6.07, 6.45) is -0.700. The number of amides is 2. The maximum atomic E-state index is 12.2. The van der Waals surface area contributed by atoms with E-state index in [0.29, 0.717) is 44.9 Å². The van der Waals surface area contributed by atoms with Gasteiger partial charge in [0.2, 0.25) is 11.8 Å². The van der Waals surface area contributed by atoms with Gasteiger partial charge in [-0.1, -0.05) is 23.2 Å². The van der Waals surface area contributed by atoms with Crippen LogP contribution in [0.1, 0.15) is 20.3 Å². The molecule has 12 heteroatoms. The summed E-state index contributed by atoms with van der Waals surface area (Å²) in [4.78, 5) is 24.5. The number of aromatic nitrogens is 2. The second-order valence-electron chi connectivity index (χ2n) is 7.52. The van der Waals surface area contributed by atoms with Crippen LogP contribution < -0.4 is 0 Å². The van der Waals surface area contributed by atoms with Gasteiger partial charge in [0, 0.05) is 33.9 Å². The van der Waals surface area contributed by atoms with Crippen LogP contribution in [0.5, 0.6) is 11.8 Å². The van der Waals surface area contributed by atoms with Crippen molar-refractivity contribution in [2.45, 2.75) is 33.4 Å². The molecule has 0 aliphatic rings. The molecule has 0 aliphatic carbocycles. The largest absolute Gasteiger partial charge is 0.493 e. The van der Waals surface area contributed by atoms with Gasteiger partial charge in [-0.05, 0) is 50.2 Å². The number of hydrogen-bond donors (Lipinski definition) is 2. The van der Waals surface area contributed by atoms with Crippen LogP contribution in [0.2, 0.25) is 10.0 Å². The standard InChI is InChI=1S/C23H20Cl2N6O4/c1-3-30-16-7-5-12(24)9-14(16)20(22(30)34)28-26-18(32)11-19(33)27-29-21-15-10-13(25)6-8-17(15)31(4-2)23(21)35/h5-10,34-35H,3-4,11H2,1-2H3. The van der Waals surface area contributed by atoms with Gasteiger partial charge in [0.15, 0.2) is 11.4 Å². The number of fused-ring (bicyclic) bond motifs is 2. The molecule has 2 aromatic heterocycles. The first kappa shape index (κ1) is 24.4. The molecule has 0 fully saturated rings. The number of hydrogen-bond acceptors (Lipinski definition) is 6. The Kier molecular flexibility index (Phi) is 6.86. The van der Waals surface area contributed by atoms with Crippen molar-refractivity contribution in [3.05, 3.63) is 46.4 Å². The molecular formula is C23H20Cl2N6O4. The molecule has 35 heavy (non-hydrogen) atoms. The molecule has 2 heterocycles. The predicted molar refractivity (Wildman–Crippen MR) is 132 cm³/mol. The number of carbonyl (C=O) groups is 2. The monoisotopic (exact) mass is 514 g/mol. The molecule has 2 aromatic carbocycles. The number of benzene rings is 2. The first-order valence-corrected chi connectivity index (χ1v) is 11.4. The average Bonchev–Trinajstić information content (AvgIpc) is 3.24. The van der Waals surface area contributed by atoms with Crippen molar-refractivity contribution >= 4 is 68.2 Å². The van der Waals surface area contributed by atoms with Crippen molar-refractivity contribution in [1.82, 2.24) is 9.13 Å². The van der Waals surface area contributed by atoms with Gasteiger partial charge < -0.3 is 19.3 Å². The van der Waals surface area contributed by atoms with E-state index in [4.69, 9.17) is 23.2 Å². The third kappa shape index (κ3) is 4.62. The van der Waals surface area contributed by atoms with Crippen molar-refractivity contribution in [3.8, 4) is 11.8 Å². The van der Waals surface area contributed by atoms with E-state index in [1.165, 1.54) is 0 Å². The Bertz CT molecular complexity index is 1420. The van der Waals surface area contributed by atoms with E-state index in [1.807, 2.05) is 13.8 Å². The Morgan fingerprint density at radius 1 is 0.771 bits per heavy atom. The van der Waals surface area contributed by atoms with Gasteiger partial charge in [-0.2, -0.15) is 0 Å². The molecule has 4 aromatic rings. The van der Waals surface area contributed by atoms with Crippen molar-refractivity contribution in [3.63, 3.8) is 0 Å². The minimum atomic E-state index is -0.879. The summed E-state index contributed by atoms with van der Waals surface area (Å²) in [5.74, 6) is -2.10. The molecule has 10 nitrogen and oxygen atoms in total. The topological polar surface area (TPSA) is 134 Å². The molecule has 0 aliphatic heterocycles. The Balaban J connectivity index is 1.54. The van der Waals surface area contributed by atoms with Crippen LogP contribution >= 0.6 is 23.2 Å². The number of aryl methyl sites for hydroxylation is 2. The summed E-state index contributed by atoms with van der Waals surface area (Å²) in [5, 5.41) is 37.7. The molecule has 0 radical (unpaired) electrons. The zero-order valence-electron chi connectivity index (χ0n) is 18.7. The molecular weight excluding hydrogens is 495 g/mol. The number of aromatic hydroxyl groups is 2. The van der Waals surface area contributed by atoms with E-state index in [1.54, 1.807) is 45.5 Å². The molecule has 180 valence electrons. The first-order chi connectivity index (χ1) is 16.7. The Labute approximate surface area is 209 Å². The number of nitrogens with zero attached hydrogens (tertiary/aromatic N) is 6. The quantitative estimate of drug-likeness (QED) is 0.219. The van der Waals surface area contributed by atoms with E-state index in [2.05, 4.69) is 20.5 Å². The van der Waals surface area contributed by atoms with E-state index in [-0.39, 0.29) is 23.1 Å². The minimum Gasteiger partial charge on any atom is -0.493 e. The highest BCUT2D eigenvalue weighted by Gasteiger charge is 2.19. The van der Waals surface area contributed by atoms with Crippen molar-refractivity contribution in [1.29, 1.82) is 0 Å². The average molecular weight is 515 g/mol. The SMILES string of the molecule is CCn1c(O)c(N=NC(=O)CC(=O)N=Nc2c(O)n(CC)c3ccc(Cl)cc23)c2cc(Cl)ccc21. The molecule has 0 atom stereocenters. The summed E-state index contributed by atoms with van der Waals surface area (Å²) in [6, 6.07) is 10.0. The third-order valence-electron chi connectivity index (χ3n) is 5.40. The maximum Gasteiger partial charge on any atom is 0.274 e. The third-order valence-corrected chi connectivity index (χ3v) is 5.87. The number of azo groups is 2. The Morgan fingerprint density at radius 3 is 1.54 bits per heavy atom. The fraction of sp³-hybridized carbons (Fsp3) is 0.217. The lowest BCUT2D eigenvalue weighted by atomic mass is 10.2. The van der Waals surface area contributed by atoms with Gasteiger partial charge in [-0.15, -0.1) is 20.5 Å². The molecule has 0 unspecified atom stereocenters. The van der Waals surface area contributed by atoms with Crippen molar-refractivity contribution in [2.75, 3.05) is 0 Å². The lowest BCUT2D eigenvalue weighted by Gasteiger charge is -2.01. The summed E-state index contributed by atoms with van der Waals surface area (Å²) in [7, 11) is 0. The van der Waals surface area contributed by atoms with Gasteiger partial charge >= 0.3 is 0 Å². The summed E-state index contributed by atoms with van der Waals surface area (Å²) < 4.78 is 3.19. The highest BCUT2D eigenvalue weighted by molar-refractivity contribution is 6.32. The lowest BCUT2D eigenvalue weighted by Crippen LogP contribution is -2.01. The first-order valence-electron chi connectivity index (χ1n) is 10.7. The molecule has 0 saturated carbocycles. The minimum absolute atomic E-state index is 0.0703.